The van der Waals surface area contributed by atoms with E-state index in [0.717, 1.165) is 43.6 Å². The summed E-state index contributed by atoms with van der Waals surface area (Å²) in [5.41, 5.74) is 2.46. The van der Waals surface area contributed by atoms with Gasteiger partial charge in [0.05, 0.1) is 17.2 Å². The Morgan fingerprint density at radius 3 is 2.84 bits per heavy atom. The van der Waals surface area contributed by atoms with Crippen LogP contribution in [0.4, 0.5) is 0 Å². The molecule has 0 fully saturated rings. The SMILES string of the molecule is Cc1c2c(nn1CCCN(C)C)CCC(C=O)C2=O. The highest BCUT2D eigenvalue weighted by Crippen LogP contribution is 2.26. The van der Waals surface area contributed by atoms with Gasteiger partial charge >= 0.3 is 0 Å². The molecule has 5 nitrogen and oxygen atoms in total. The molecule has 1 aromatic heterocycles. The van der Waals surface area contributed by atoms with Crippen molar-refractivity contribution in [3.8, 4) is 0 Å². The quantitative estimate of drug-likeness (QED) is 0.589. The van der Waals surface area contributed by atoms with Gasteiger partial charge in [-0.2, -0.15) is 5.10 Å². The zero-order valence-electron chi connectivity index (χ0n) is 11.8. The Morgan fingerprint density at radius 1 is 1.47 bits per heavy atom. The first-order chi connectivity index (χ1) is 9.04. The summed E-state index contributed by atoms with van der Waals surface area (Å²) >= 11 is 0. The van der Waals surface area contributed by atoms with Gasteiger partial charge in [-0.15, -0.1) is 0 Å². The Hall–Kier alpha value is -1.49. The summed E-state index contributed by atoms with van der Waals surface area (Å²) in [6.45, 7) is 3.73. The molecule has 0 aromatic carbocycles. The maximum atomic E-state index is 12.2. The van der Waals surface area contributed by atoms with Gasteiger partial charge in [0.25, 0.3) is 0 Å². The fraction of sp³-hybridized carbons (Fsp3) is 0.643. The first kappa shape index (κ1) is 13.9. The summed E-state index contributed by atoms with van der Waals surface area (Å²) in [7, 11) is 4.08. The third-order valence-corrected chi connectivity index (χ3v) is 3.69. The van der Waals surface area contributed by atoms with Crippen LogP contribution in [-0.4, -0.2) is 47.4 Å². The molecule has 0 saturated carbocycles. The van der Waals surface area contributed by atoms with E-state index in [0.29, 0.717) is 12.0 Å². The van der Waals surface area contributed by atoms with E-state index in [1.165, 1.54) is 0 Å². The van der Waals surface area contributed by atoms with Crippen LogP contribution in [0.5, 0.6) is 0 Å². The summed E-state index contributed by atoms with van der Waals surface area (Å²) in [4.78, 5) is 25.2. The Labute approximate surface area is 113 Å². The number of aryl methyl sites for hydroxylation is 2. The highest BCUT2D eigenvalue weighted by atomic mass is 16.1. The average Bonchev–Trinajstić information content (AvgIpc) is 2.67. The summed E-state index contributed by atoms with van der Waals surface area (Å²) in [5.74, 6) is -0.516. The molecule has 104 valence electrons. The zero-order valence-corrected chi connectivity index (χ0v) is 11.8. The van der Waals surface area contributed by atoms with Crippen LogP contribution >= 0.6 is 0 Å². The topological polar surface area (TPSA) is 55.2 Å². The van der Waals surface area contributed by atoms with Gasteiger partial charge in [0, 0.05) is 12.2 Å². The van der Waals surface area contributed by atoms with E-state index in [2.05, 4.69) is 10.00 Å². The molecule has 2 rings (SSSR count). The lowest BCUT2D eigenvalue weighted by Gasteiger charge is -2.14. The van der Waals surface area contributed by atoms with Gasteiger partial charge in [-0.1, -0.05) is 0 Å². The van der Waals surface area contributed by atoms with Gasteiger partial charge < -0.3 is 9.69 Å². The number of aromatic nitrogens is 2. The second-order valence-electron chi connectivity index (χ2n) is 5.43. The molecule has 0 amide bonds. The van der Waals surface area contributed by atoms with Gasteiger partial charge in [-0.3, -0.25) is 9.48 Å². The van der Waals surface area contributed by atoms with Crippen LogP contribution in [0.1, 0.15) is 34.6 Å². The number of carbonyl (C=O) groups excluding carboxylic acids is 2. The molecule has 1 heterocycles. The number of rotatable bonds is 5. The van der Waals surface area contributed by atoms with E-state index in [9.17, 15) is 9.59 Å². The highest BCUT2D eigenvalue weighted by molar-refractivity contribution is 6.07. The predicted molar refractivity (Wildman–Crippen MR) is 72.3 cm³/mol. The number of ketones is 1. The van der Waals surface area contributed by atoms with Crippen LogP contribution in [0.25, 0.3) is 0 Å². The van der Waals surface area contributed by atoms with E-state index in [1.807, 2.05) is 25.7 Å². The largest absolute Gasteiger partial charge is 0.309 e. The lowest BCUT2D eigenvalue weighted by molar-refractivity contribution is -0.110. The van der Waals surface area contributed by atoms with Crippen molar-refractivity contribution in [1.29, 1.82) is 0 Å². The van der Waals surface area contributed by atoms with Crippen molar-refractivity contribution in [1.82, 2.24) is 14.7 Å². The van der Waals surface area contributed by atoms with Crippen molar-refractivity contribution in [2.45, 2.75) is 32.7 Å². The third-order valence-electron chi connectivity index (χ3n) is 3.69. The van der Waals surface area contributed by atoms with Crippen LogP contribution < -0.4 is 0 Å². The number of carbonyl (C=O) groups is 2. The first-order valence-electron chi connectivity index (χ1n) is 6.75. The van der Waals surface area contributed by atoms with Crippen molar-refractivity contribution in [2.75, 3.05) is 20.6 Å². The molecule has 1 unspecified atom stereocenters. The van der Waals surface area contributed by atoms with Crippen LogP contribution in [0, 0.1) is 12.8 Å². The minimum Gasteiger partial charge on any atom is -0.309 e. The zero-order chi connectivity index (χ0) is 14.0. The summed E-state index contributed by atoms with van der Waals surface area (Å²) in [6.07, 6.45) is 3.10. The standard InChI is InChI=1S/C14H21N3O2/c1-10-13-12(6-5-11(9-18)14(13)19)15-17(10)8-4-7-16(2)3/h9,11H,4-8H2,1-3H3. The van der Waals surface area contributed by atoms with E-state index in [-0.39, 0.29) is 5.78 Å². The van der Waals surface area contributed by atoms with E-state index < -0.39 is 5.92 Å². The Balaban J connectivity index is 2.17. The monoisotopic (exact) mass is 263 g/mol. The minimum absolute atomic E-state index is 0.0485. The predicted octanol–water partition coefficient (Wildman–Crippen LogP) is 1.09. The summed E-state index contributed by atoms with van der Waals surface area (Å²) < 4.78 is 1.92. The molecule has 1 atom stereocenters. The van der Waals surface area contributed by atoms with Crippen LogP contribution in [0.15, 0.2) is 0 Å². The molecule has 0 N–H and O–H groups in total. The molecule has 1 aromatic rings. The maximum absolute atomic E-state index is 12.2. The summed E-state index contributed by atoms with van der Waals surface area (Å²) in [6, 6.07) is 0. The smallest absolute Gasteiger partial charge is 0.176 e. The molecule has 1 aliphatic rings. The lowest BCUT2D eigenvalue weighted by Crippen LogP contribution is -2.23. The number of hydrogen-bond donors (Lipinski definition) is 0. The fourth-order valence-electron chi connectivity index (χ4n) is 2.60. The number of Topliss-reactive ketones (excluding diaryl/α,β-unsaturated/α-hetero) is 1. The lowest BCUT2D eigenvalue weighted by atomic mass is 9.86. The van der Waals surface area contributed by atoms with E-state index in [4.69, 9.17) is 0 Å². The maximum Gasteiger partial charge on any atom is 0.176 e. The molecule has 5 heteroatoms. The van der Waals surface area contributed by atoms with Crippen molar-refractivity contribution in [2.24, 2.45) is 5.92 Å². The van der Waals surface area contributed by atoms with Crippen LogP contribution in [-0.2, 0) is 17.8 Å². The first-order valence-corrected chi connectivity index (χ1v) is 6.75. The van der Waals surface area contributed by atoms with Crippen molar-refractivity contribution in [3.05, 3.63) is 17.0 Å². The fourth-order valence-corrected chi connectivity index (χ4v) is 2.60. The minimum atomic E-state index is -0.467. The number of nitrogens with zero attached hydrogens (tertiary/aromatic N) is 3. The highest BCUT2D eigenvalue weighted by Gasteiger charge is 2.31. The molecule has 19 heavy (non-hydrogen) atoms. The van der Waals surface area contributed by atoms with Crippen LogP contribution in [0.3, 0.4) is 0 Å². The van der Waals surface area contributed by atoms with Crippen molar-refractivity contribution in [3.63, 3.8) is 0 Å². The third kappa shape index (κ3) is 2.76. The number of aldehydes is 1. The Bertz CT molecular complexity index is 491. The van der Waals surface area contributed by atoms with Crippen molar-refractivity contribution >= 4 is 12.1 Å². The second-order valence-corrected chi connectivity index (χ2v) is 5.43. The molecular weight excluding hydrogens is 242 g/mol. The van der Waals surface area contributed by atoms with Gasteiger partial charge in [-0.25, -0.2) is 0 Å². The molecule has 0 saturated heterocycles. The van der Waals surface area contributed by atoms with Gasteiger partial charge in [0.1, 0.15) is 6.29 Å². The second kappa shape index (κ2) is 5.65. The van der Waals surface area contributed by atoms with Gasteiger partial charge in [0.15, 0.2) is 5.78 Å². The molecular formula is C14H21N3O2. The Morgan fingerprint density at radius 2 is 2.21 bits per heavy atom. The van der Waals surface area contributed by atoms with Crippen LogP contribution in [0.2, 0.25) is 0 Å². The molecule has 0 bridgehead atoms. The molecule has 0 spiro atoms. The molecule has 0 radical (unpaired) electrons. The number of hydrogen-bond acceptors (Lipinski definition) is 4. The van der Waals surface area contributed by atoms with Crippen molar-refractivity contribution < 1.29 is 9.59 Å². The van der Waals surface area contributed by atoms with E-state index in [1.54, 1.807) is 0 Å². The molecule has 0 aliphatic heterocycles. The van der Waals surface area contributed by atoms with E-state index >= 15 is 0 Å². The number of fused-ring (bicyclic) bond motifs is 1. The van der Waals surface area contributed by atoms with Gasteiger partial charge in [0.2, 0.25) is 0 Å². The van der Waals surface area contributed by atoms with Gasteiger partial charge in [-0.05, 0) is 46.8 Å². The average molecular weight is 263 g/mol. The Kier molecular flexibility index (Phi) is 4.14. The summed E-state index contributed by atoms with van der Waals surface area (Å²) in [5, 5.41) is 4.53. The normalized spacial score (nSPS) is 18.7. The molecule has 1 aliphatic carbocycles.